The molecule has 1 unspecified atom stereocenters. The van der Waals surface area contributed by atoms with Gasteiger partial charge in [0.2, 0.25) is 0 Å². The summed E-state index contributed by atoms with van der Waals surface area (Å²) in [4.78, 5) is 9.39. The van der Waals surface area contributed by atoms with E-state index in [2.05, 4.69) is 32.3 Å². The van der Waals surface area contributed by atoms with E-state index >= 15 is 0 Å². The van der Waals surface area contributed by atoms with Gasteiger partial charge in [0, 0.05) is 12.2 Å². The van der Waals surface area contributed by atoms with Crippen molar-refractivity contribution >= 4 is 22.8 Å². The molecular weight excluding hydrogens is 282 g/mol. The Labute approximate surface area is 132 Å². The number of imidazole rings is 1. The standard InChI is InChI=1S/C17H26ClN3/c1-10(2)14(11(3)4)9-21-16(13(6)18)20-15-8-7-12(5)19-17(15)21/h7-8,10-11,13-14H,9H2,1-6H3. The zero-order chi connectivity index (χ0) is 15.7. The summed E-state index contributed by atoms with van der Waals surface area (Å²) < 4.78 is 2.23. The molecule has 2 heterocycles. The molecule has 0 N–H and O–H groups in total. The highest BCUT2D eigenvalue weighted by atomic mass is 35.5. The number of alkyl halides is 1. The van der Waals surface area contributed by atoms with Crippen molar-refractivity contribution in [2.45, 2.75) is 53.5 Å². The predicted molar refractivity (Wildman–Crippen MR) is 89.7 cm³/mol. The number of pyridine rings is 1. The van der Waals surface area contributed by atoms with E-state index in [1.165, 1.54) is 0 Å². The minimum Gasteiger partial charge on any atom is -0.311 e. The molecule has 0 fully saturated rings. The maximum atomic E-state index is 6.35. The lowest BCUT2D eigenvalue weighted by molar-refractivity contribution is 0.251. The third-order valence-electron chi connectivity index (χ3n) is 4.22. The Hall–Kier alpha value is -1.09. The maximum Gasteiger partial charge on any atom is 0.160 e. The van der Waals surface area contributed by atoms with E-state index in [1.54, 1.807) is 0 Å². The lowest BCUT2D eigenvalue weighted by Crippen LogP contribution is -2.23. The SMILES string of the molecule is Cc1ccc2nc(C(C)Cl)n(CC(C(C)C)C(C)C)c2n1. The molecule has 116 valence electrons. The molecule has 0 aliphatic heterocycles. The summed E-state index contributed by atoms with van der Waals surface area (Å²) in [5.74, 6) is 2.74. The number of halogens is 1. The van der Waals surface area contributed by atoms with Crippen LogP contribution in [0.1, 0.15) is 51.5 Å². The van der Waals surface area contributed by atoms with E-state index < -0.39 is 0 Å². The van der Waals surface area contributed by atoms with Gasteiger partial charge in [0.25, 0.3) is 0 Å². The van der Waals surface area contributed by atoms with Crippen LogP contribution >= 0.6 is 11.6 Å². The van der Waals surface area contributed by atoms with Crippen LogP contribution in [0.4, 0.5) is 0 Å². The third-order valence-corrected chi connectivity index (χ3v) is 4.42. The number of aryl methyl sites for hydroxylation is 1. The van der Waals surface area contributed by atoms with Gasteiger partial charge >= 0.3 is 0 Å². The van der Waals surface area contributed by atoms with Crippen molar-refractivity contribution in [2.24, 2.45) is 17.8 Å². The van der Waals surface area contributed by atoms with Crippen LogP contribution in [0, 0.1) is 24.7 Å². The molecule has 0 saturated heterocycles. The number of rotatable bonds is 5. The fraction of sp³-hybridized carbons (Fsp3) is 0.647. The molecule has 2 aromatic heterocycles. The van der Waals surface area contributed by atoms with Crippen molar-refractivity contribution in [1.82, 2.24) is 14.5 Å². The summed E-state index contributed by atoms with van der Waals surface area (Å²) in [6, 6.07) is 4.04. The quantitative estimate of drug-likeness (QED) is 0.730. The normalized spacial score (nSPS) is 13.8. The largest absolute Gasteiger partial charge is 0.311 e. The van der Waals surface area contributed by atoms with E-state index in [-0.39, 0.29) is 5.38 Å². The summed E-state index contributed by atoms with van der Waals surface area (Å²) in [6.07, 6.45) is 0. The van der Waals surface area contributed by atoms with Gasteiger partial charge < -0.3 is 4.57 Å². The fourth-order valence-corrected chi connectivity index (χ4v) is 3.17. The molecule has 2 aromatic rings. The molecule has 0 spiro atoms. The van der Waals surface area contributed by atoms with Crippen molar-refractivity contribution in [3.63, 3.8) is 0 Å². The number of nitrogens with zero attached hydrogens (tertiary/aromatic N) is 3. The van der Waals surface area contributed by atoms with E-state index in [0.717, 1.165) is 29.2 Å². The van der Waals surface area contributed by atoms with Gasteiger partial charge in [-0.15, -0.1) is 11.6 Å². The summed E-state index contributed by atoms with van der Waals surface area (Å²) in [5, 5.41) is -0.112. The Kier molecular flexibility index (Phi) is 4.92. The van der Waals surface area contributed by atoms with Crippen LogP contribution in [0.3, 0.4) is 0 Å². The molecule has 0 amide bonds. The first-order valence-corrected chi connectivity index (χ1v) is 8.22. The van der Waals surface area contributed by atoms with Crippen molar-refractivity contribution < 1.29 is 0 Å². The number of aromatic nitrogens is 3. The molecule has 0 radical (unpaired) electrons. The van der Waals surface area contributed by atoms with Gasteiger partial charge in [-0.2, -0.15) is 0 Å². The number of hydrogen-bond donors (Lipinski definition) is 0. The Balaban J connectivity index is 2.54. The second-order valence-corrected chi connectivity index (χ2v) is 7.30. The topological polar surface area (TPSA) is 30.7 Å². The summed E-state index contributed by atoms with van der Waals surface area (Å²) in [5.41, 5.74) is 2.92. The Morgan fingerprint density at radius 3 is 2.19 bits per heavy atom. The first kappa shape index (κ1) is 16.3. The predicted octanol–water partition coefficient (Wildman–Crippen LogP) is 4.97. The van der Waals surface area contributed by atoms with Gasteiger partial charge in [-0.25, -0.2) is 9.97 Å². The van der Waals surface area contributed by atoms with Gasteiger partial charge in [-0.3, -0.25) is 0 Å². The lowest BCUT2D eigenvalue weighted by Gasteiger charge is -2.26. The van der Waals surface area contributed by atoms with Crippen molar-refractivity contribution in [3.8, 4) is 0 Å². The van der Waals surface area contributed by atoms with Crippen LogP contribution in [0.2, 0.25) is 0 Å². The van der Waals surface area contributed by atoms with Crippen LogP contribution in [-0.4, -0.2) is 14.5 Å². The smallest absolute Gasteiger partial charge is 0.160 e. The molecular formula is C17H26ClN3. The highest BCUT2D eigenvalue weighted by Crippen LogP contribution is 2.29. The fourth-order valence-electron chi connectivity index (χ4n) is 3.00. The first-order chi connectivity index (χ1) is 9.81. The molecule has 0 aliphatic rings. The van der Waals surface area contributed by atoms with Crippen LogP contribution in [0.25, 0.3) is 11.2 Å². The van der Waals surface area contributed by atoms with Gasteiger partial charge in [0.15, 0.2) is 5.65 Å². The van der Waals surface area contributed by atoms with E-state index in [1.807, 2.05) is 26.0 Å². The Bertz CT molecular complexity index is 606. The summed E-state index contributed by atoms with van der Waals surface area (Å²) >= 11 is 6.35. The summed E-state index contributed by atoms with van der Waals surface area (Å²) in [7, 11) is 0. The average Bonchev–Trinajstić information content (AvgIpc) is 2.73. The number of fused-ring (bicyclic) bond motifs is 1. The van der Waals surface area contributed by atoms with Gasteiger partial charge in [0.05, 0.1) is 5.38 Å². The zero-order valence-electron chi connectivity index (χ0n) is 13.9. The van der Waals surface area contributed by atoms with Crippen LogP contribution in [-0.2, 0) is 6.54 Å². The van der Waals surface area contributed by atoms with Crippen molar-refractivity contribution in [2.75, 3.05) is 0 Å². The van der Waals surface area contributed by atoms with E-state index in [4.69, 9.17) is 21.6 Å². The molecule has 0 aromatic carbocycles. The van der Waals surface area contributed by atoms with E-state index in [0.29, 0.717) is 17.8 Å². The highest BCUT2D eigenvalue weighted by Gasteiger charge is 2.23. The first-order valence-electron chi connectivity index (χ1n) is 7.79. The second kappa shape index (κ2) is 6.35. The lowest BCUT2D eigenvalue weighted by atomic mass is 9.85. The monoisotopic (exact) mass is 307 g/mol. The van der Waals surface area contributed by atoms with Crippen molar-refractivity contribution in [1.29, 1.82) is 0 Å². The molecule has 1 atom stereocenters. The molecule has 0 bridgehead atoms. The van der Waals surface area contributed by atoms with Gasteiger partial charge in [0.1, 0.15) is 11.3 Å². The van der Waals surface area contributed by atoms with E-state index in [9.17, 15) is 0 Å². The summed E-state index contributed by atoms with van der Waals surface area (Å²) in [6.45, 7) is 14.1. The minimum atomic E-state index is -0.112. The maximum absolute atomic E-state index is 6.35. The highest BCUT2D eigenvalue weighted by molar-refractivity contribution is 6.20. The van der Waals surface area contributed by atoms with Gasteiger partial charge in [-0.05, 0) is 43.7 Å². The van der Waals surface area contributed by atoms with Gasteiger partial charge in [-0.1, -0.05) is 27.7 Å². The average molecular weight is 308 g/mol. The van der Waals surface area contributed by atoms with Crippen LogP contribution < -0.4 is 0 Å². The number of hydrogen-bond acceptors (Lipinski definition) is 2. The Morgan fingerprint density at radius 2 is 1.67 bits per heavy atom. The third kappa shape index (κ3) is 3.39. The van der Waals surface area contributed by atoms with Crippen LogP contribution in [0.5, 0.6) is 0 Å². The molecule has 0 aliphatic carbocycles. The molecule has 2 rings (SSSR count). The Morgan fingerprint density at radius 1 is 1.05 bits per heavy atom. The second-order valence-electron chi connectivity index (χ2n) is 6.64. The minimum absolute atomic E-state index is 0.112. The van der Waals surface area contributed by atoms with Crippen molar-refractivity contribution in [3.05, 3.63) is 23.7 Å². The molecule has 3 nitrogen and oxygen atoms in total. The van der Waals surface area contributed by atoms with Crippen LogP contribution in [0.15, 0.2) is 12.1 Å². The molecule has 21 heavy (non-hydrogen) atoms. The molecule has 4 heteroatoms. The zero-order valence-corrected chi connectivity index (χ0v) is 14.6. The molecule has 0 saturated carbocycles.